The van der Waals surface area contributed by atoms with Crippen molar-refractivity contribution in [3.8, 4) is 0 Å². The molecular formula is C12H17NO2. The van der Waals surface area contributed by atoms with Crippen molar-refractivity contribution in [2.24, 2.45) is 0 Å². The fraction of sp³-hybridized carbons (Fsp3) is 0.500. The summed E-state index contributed by atoms with van der Waals surface area (Å²) >= 11 is 0. The molecule has 0 atom stereocenters. The van der Waals surface area contributed by atoms with Crippen LogP contribution in [0.4, 0.5) is 0 Å². The number of benzene rings is 1. The molecule has 0 aromatic heterocycles. The van der Waals surface area contributed by atoms with E-state index in [1.54, 1.807) is 0 Å². The SMILES string of the molecule is CCCCCc1cccc(C[N+](=O)[O-])c1. The lowest BCUT2D eigenvalue weighted by molar-refractivity contribution is -0.496. The smallest absolute Gasteiger partial charge is 0.228 e. The molecule has 1 aromatic rings. The largest absolute Gasteiger partial charge is 0.264 e. The normalized spacial score (nSPS) is 10.2. The number of unbranched alkanes of at least 4 members (excludes halogenated alkanes) is 2. The minimum atomic E-state index is -0.287. The lowest BCUT2D eigenvalue weighted by atomic mass is 10.0. The number of hydrogen-bond acceptors (Lipinski definition) is 2. The molecule has 1 rings (SSSR count). The number of rotatable bonds is 6. The van der Waals surface area contributed by atoms with Crippen molar-refractivity contribution in [1.82, 2.24) is 0 Å². The molecule has 0 aliphatic rings. The molecule has 0 unspecified atom stereocenters. The second-order valence-electron chi connectivity index (χ2n) is 3.77. The molecule has 0 bridgehead atoms. The first-order valence-corrected chi connectivity index (χ1v) is 5.42. The quantitative estimate of drug-likeness (QED) is 0.408. The van der Waals surface area contributed by atoms with Crippen molar-refractivity contribution in [3.63, 3.8) is 0 Å². The third-order valence-corrected chi connectivity index (χ3v) is 2.37. The summed E-state index contributed by atoms with van der Waals surface area (Å²) in [4.78, 5) is 10.1. The van der Waals surface area contributed by atoms with Gasteiger partial charge in [-0.25, -0.2) is 0 Å². The van der Waals surface area contributed by atoms with Gasteiger partial charge in [0.2, 0.25) is 6.54 Å². The number of aryl methyl sites for hydroxylation is 1. The van der Waals surface area contributed by atoms with E-state index >= 15 is 0 Å². The molecule has 0 saturated carbocycles. The van der Waals surface area contributed by atoms with Gasteiger partial charge in [-0.1, -0.05) is 38.0 Å². The Kier molecular flexibility index (Phi) is 4.81. The summed E-state index contributed by atoms with van der Waals surface area (Å²) in [5, 5.41) is 10.3. The predicted molar refractivity (Wildman–Crippen MR) is 60.4 cm³/mol. The standard InChI is InChI=1S/C12H17NO2/c1-2-3-4-6-11-7-5-8-12(9-11)10-13(14)15/h5,7-9H,2-4,6,10H2,1H3. The van der Waals surface area contributed by atoms with Crippen LogP contribution in [-0.2, 0) is 13.0 Å². The summed E-state index contributed by atoms with van der Waals surface area (Å²) in [6.07, 6.45) is 4.62. The Morgan fingerprint density at radius 2 is 2.00 bits per heavy atom. The van der Waals surface area contributed by atoms with Crippen molar-refractivity contribution in [2.75, 3.05) is 0 Å². The van der Waals surface area contributed by atoms with Gasteiger partial charge in [-0.3, -0.25) is 10.1 Å². The molecule has 0 fully saturated rings. The molecule has 0 amide bonds. The minimum absolute atomic E-state index is 0.0678. The second kappa shape index (κ2) is 6.17. The summed E-state index contributed by atoms with van der Waals surface area (Å²) in [5.41, 5.74) is 2.01. The maximum atomic E-state index is 10.3. The summed E-state index contributed by atoms with van der Waals surface area (Å²) in [6.45, 7) is 2.10. The molecule has 3 nitrogen and oxygen atoms in total. The molecule has 3 heteroatoms. The van der Waals surface area contributed by atoms with Gasteiger partial charge in [0.15, 0.2) is 0 Å². The third-order valence-electron chi connectivity index (χ3n) is 2.37. The molecular weight excluding hydrogens is 190 g/mol. The zero-order chi connectivity index (χ0) is 11.1. The third kappa shape index (κ3) is 4.58. The van der Waals surface area contributed by atoms with E-state index in [-0.39, 0.29) is 11.5 Å². The highest BCUT2D eigenvalue weighted by molar-refractivity contribution is 5.22. The average molecular weight is 207 g/mol. The van der Waals surface area contributed by atoms with Gasteiger partial charge in [0.05, 0.1) is 0 Å². The summed E-state index contributed by atoms with van der Waals surface area (Å²) in [7, 11) is 0. The van der Waals surface area contributed by atoms with Crippen molar-refractivity contribution < 1.29 is 4.92 Å². The minimum Gasteiger partial charge on any atom is -0.264 e. The van der Waals surface area contributed by atoms with Crippen molar-refractivity contribution in [3.05, 3.63) is 45.5 Å². The van der Waals surface area contributed by atoms with Crippen LogP contribution in [0.2, 0.25) is 0 Å². The molecule has 0 aliphatic heterocycles. The van der Waals surface area contributed by atoms with E-state index in [1.807, 2.05) is 24.3 Å². The Hall–Kier alpha value is -1.38. The number of nitrogens with zero attached hydrogens (tertiary/aromatic N) is 1. The second-order valence-corrected chi connectivity index (χ2v) is 3.77. The summed E-state index contributed by atoms with van der Waals surface area (Å²) < 4.78 is 0. The van der Waals surface area contributed by atoms with Gasteiger partial charge in [0.25, 0.3) is 0 Å². The fourth-order valence-corrected chi connectivity index (χ4v) is 1.61. The van der Waals surface area contributed by atoms with E-state index in [0.29, 0.717) is 0 Å². The van der Waals surface area contributed by atoms with Gasteiger partial charge in [-0.2, -0.15) is 0 Å². The van der Waals surface area contributed by atoms with Crippen LogP contribution in [0.3, 0.4) is 0 Å². The number of nitro groups is 1. The first-order chi connectivity index (χ1) is 7.22. The summed E-state index contributed by atoms with van der Waals surface area (Å²) in [6, 6.07) is 7.70. The van der Waals surface area contributed by atoms with Crippen LogP contribution < -0.4 is 0 Å². The van der Waals surface area contributed by atoms with Gasteiger partial charge in [-0.05, 0) is 24.5 Å². The highest BCUT2D eigenvalue weighted by atomic mass is 16.6. The zero-order valence-electron chi connectivity index (χ0n) is 9.11. The topological polar surface area (TPSA) is 43.1 Å². The zero-order valence-corrected chi connectivity index (χ0v) is 9.11. The van der Waals surface area contributed by atoms with Crippen LogP contribution in [0.1, 0.15) is 37.3 Å². The van der Waals surface area contributed by atoms with Gasteiger partial charge in [-0.15, -0.1) is 0 Å². The lowest BCUT2D eigenvalue weighted by Gasteiger charge is -2.02. The maximum Gasteiger partial charge on any atom is 0.228 e. The van der Waals surface area contributed by atoms with Gasteiger partial charge < -0.3 is 0 Å². The monoisotopic (exact) mass is 207 g/mol. The van der Waals surface area contributed by atoms with E-state index in [2.05, 4.69) is 6.92 Å². The average Bonchev–Trinajstić information content (AvgIpc) is 2.18. The Labute approximate surface area is 90.3 Å². The van der Waals surface area contributed by atoms with Crippen molar-refractivity contribution in [2.45, 2.75) is 39.2 Å². The van der Waals surface area contributed by atoms with E-state index in [4.69, 9.17) is 0 Å². The van der Waals surface area contributed by atoms with Crippen LogP contribution in [-0.4, -0.2) is 4.92 Å². The Balaban J connectivity index is 2.53. The van der Waals surface area contributed by atoms with E-state index in [0.717, 1.165) is 12.0 Å². The number of hydrogen-bond donors (Lipinski definition) is 0. The van der Waals surface area contributed by atoms with Crippen LogP contribution in [0, 0.1) is 10.1 Å². The Morgan fingerprint density at radius 1 is 1.27 bits per heavy atom. The molecule has 0 radical (unpaired) electrons. The first kappa shape index (κ1) is 11.7. The highest BCUT2D eigenvalue weighted by Crippen LogP contribution is 2.10. The molecule has 1 aromatic carbocycles. The Bertz CT molecular complexity index is 323. The first-order valence-electron chi connectivity index (χ1n) is 5.42. The molecule has 15 heavy (non-hydrogen) atoms. The lowest BCUT2D eigenvalue weighted by Crippen LogP contribution is -1.98. The van der Waals surface area contributed by atoms with E-state index < -0.39 is 0 Å². The van der Waals surface area contributed by atoms with Crippen LogP contribution in [0.25, 0.3) is 0 Å². The Morgan fingerprint density at radius 3 is 2.67 bits per heavy atom. The van der Waals surface area contributed by atoms with Gasteiger partial charge in [0, 0.05) is 10.5 Å². The van der Waals surface area contributed by atoms with E-state index in [9.17, 15) is 10.1 Å². The van der Waals surface area contributed by atoms with Crippen molar-refractivity contribution in [1.29, 1.82) is 0 Å². The highest BCUT2D eigenvalue weighted by Gasteiger charge is 2.01. The van der Waals surface area contributed by atoms with Crippen molar-refractivity contribution >= 4 is 0 Å². The van der Waals surface area contributed by atoms with Gasteiger partial charge in [0.1, 0.15) is 0 Å². The van der Waals surface area contributed by atoms with E-state index in [1.165, 1.54) is 24.8 Å². The molecule has 0 spiro atoms. The predicted octanol–water partition coefficient (Wildman–Crippen LogP) is 3.20. The van der Waals surface area contributed by atoms with Gasteiger partial charge >= 0.3 is 0 Å². The summed E-state index contributed by atoms with van der Waals surface area (Å²) in [5.74, 6) is 0. The molecule has 0 aliphatic carbocycles. The molecule has 0 N–H and O–H groups in total. The molecule has 82 valence electrons. The van der Waals surface area contributed by atoms with Crippen LogP contribution in [0.15, 0.2) is 24.3 Å². The molecule has 0 heterocycles. The fourth-order valence-electron chi connectivity index (χ4n) is 1.61. The maximum absolute atomic E-state index is 10.3. The molecule has 0 saturated heterocycles. The van der Waals surface area contributed by atoms with Crippen LogP contribution in [0.5, 0.6) is 0 Å². The van der Waals surface area contributed by atoms with Crippen LogP contribution >= 0.6 is 0 Å².